The number of aromatic nitrogens is 1. The Balaban J connectivity index is 2.59. The van der Waals surface area contributed by atoms with E-state index in [2.05, 4.69) is 9.72 Å². The van der Waals surface area contributed by atoms with Crippen molar-refractivity contribution in [2.75, 3.05) is 6.61 Å². The fraction of sp³-hybridized carbons (Fsp3) is 0.200. The van der Waals surface area contributed by atoms with Gasteiger partial charge in [-0.05, 0) is 18.2 Å². The van der Waals surface area contributed by atoms with Crippen molar-refractivity contribution in [3.63, 3.8) is 0 Å². The van der Waals surface area contributed by atoms with Crippen molar-refractivity contribution in [1.29, 1.82) is 0 Å². The molecule has 0 aliphatic carbocycles. The standard InChI is InChI=1S/C10H8F3NO3/c11-10(12,13)6-17-8-3-1-7(14-5-8)2-4-9(15)16/h1-5H,6H2,(H,15,16). The van der Waals surface area contributed by atoms with E-state index in [-0.39, 0.29) is 5.75 Å². The first-order valence-electron chi connectivity index (χ1n) is 4.43. The first-order chi connectivity index (χ1) is 7.87. The number of alkyl halides is 3. The zero-order chi connectivity index (χ0) is 12.9. The molecule has 0 aliphatic heterocycles. The molecular formula is C10H8F3NO3. The number of carbonyl (C=O) groups is 1. The van der Waals surface area contributed by atoms with Crippen LogP contribution in [0.3, 0.4) is 0 Å². The van der Waals surface area contributed by atoms with Crippen molar-refractivity contribution in [3.8, 4) is 5.75 Å². The van der Waals surface area contributed by atoms with E-state index in [4.69, 9.17) is 5.11 Å². The highest BCUT2D eigenvalue weighted by Gasteiger charge is 2.28. The minimum Gasteiger partial charge on any atom is -0.483 e. The van der Waals surface area contributed by atoms with Crippen LogP contribution in [-0.2, 0) is 4.79 Å². The van der Waals surface area contributed by atoms with Crippen molar-refractivity contribution in [2.45, 2.75) is 6.18 Å². The molecule has 0 fully saturated rings. The Bertz CT molecular complexity index is 412. The van der Waals surface area contributed by atoms with Gasteiger partial charge >= 0.3 is 12.1 Å². The summed E-state index contributed by atoms with van der Waals surface area (Å²) in [5.41, 5.74) is 0.312. The molecule has 0 atom stereocenters. The predicted octanol–water partition coefficient (Wildman–Crippen LogP) is 2.12. The Hall–Kier alpha value is -2.05. The summed E-state index contributed by atoms with van der Waals surface area (Å²) in [5, 5.41) is 8.34. The van der Waals surface area contributed by atoms with Crippen LogP contribution in [0.15, 0.2) is 24.4 Å². The summed E-state index contributed by atoms with van der Waals surface area (Å²) in [7, 11) is 0. The third-order valence-corrected chi connectivity index (χ3v) is 1.56. The second kappa shape index (κ2) is 5.33. The van der Waals surface area contributed by atoms with E-state index in [1.807, 2.05) is 0 Å². The van der Waals surface area contributed by atoms with E-state index in [9.17, 15) is 18.0 Å². The lowest BCUT2D eigenvalue weighted by atomic mass is 10.3. The molecule has 0 unspecified atom stereocenters. The fourth-order valence-electron chi connectivity index (χ4n) is 0.898. The third-order valence-electron chi connectivity index (χ3n) is 1.56. The van der Waals surface area contributed by atoms with Gasteiger partial charge in [0.25, 0.3) is 0 Å². The van der Waals surface area contributed by atoms with Gasteiger partial charge in [0.05, 0.1) is 11.9 Å². The number of halogens is 3. The van der Waals surface area contributed by atoms with Gasteiger partial charge in [-0.3, -0.25) is 4.98 Å². The molecule has 0 aromatic carbocycles. The van der Waals surface area contributed by atoms with E-state index in [0.29, 0.717) is 5.69 Å². The maximum atomic E-state index is 11.8. The molecule has 92 valence electrons. The number of hydrogen-bond donors (Lipinski definition) is 1. The highest BCUT2D eigenvalue weighted by Crippen LogP contribution is 2.17. The number of carboxylic acids is 1. The molecule has 0 spiro atoms. The Labute approximate surface area is 94.4 Å². The van der Waals surface area contributed by atoms with Gasteiger partial charge < -0.3 is 9.84 Å². The monoisotopic (exact) mass is 247 g/mol. The number of carboxylic acid groups (broad SMARTS) is 1. The van der Waals surface area contributed by atoms with Gasteiger partial charge in [0.15, 0.2) is 6.61 Å². The van der Waals surface area contributed by atoms with Gasteiger partial charge in [-0.1, -0.05) is 0 Å². The second-order valence-corrected chi connectivity index (χ2v) is 2.99. The molecule has 0 aliphatic rings. The molecular weight excluding hydrogens is 239 g/mol. The number of ether oxygens (including phenoxy) is 1. The maximum Gasteiger partial charge on any atom is 0.422 e. The fourth-order valence-corrected chi connectivity index (χ4v) is 0.898. The van der Waals surface area contributed by atoms with Crippen molar-refractivity contribution in [2.24, 2.45) is 0 Å². The lowest BCUT2D eigenvalue weighted by Gasteiger charge is -2.08. The van der Waals surface area contributed by atoms with Crippen LogP contribution in [0.5, 0.6) is 5.75 Å². The van der Waals surface area contributed by atoms with Crippen LogP contribution in [0.1, 0.15) is 5.69 Å². The van der Waals surface area contributed by atoms with Gasteiger partial charge in [0.2, 0.25) is 0 Å². The molecule has 17 heavy (non-hydrogen) atoms. The molecule has 0 saturated carbocycles. The average molecular weight is 247 g/mol. The van der Waals surface area contributed by atoms with E-state index in [0.717, 1.165) is 12.3 Å². The SMILES string of the molecule is O=C(O)C=Cc1ccc(OCC(F)(F)F)cn1. The number of pyridine rings is 1. The van der Waals surface area contributed by atoms with Crippen molar-refractivity contribution in [3.05, 3.63) is 30.1 Å². The number of nitrogens with zero attached hydrogens (tertiary/aromatic N) is 1. The average Bonchev–Trinajstić information content (AvgIpc) is 2.24. The first kappa shape index (κ1) is 13.0. The smallest absolute Gasteiger partial charge is 0.422 e. The summed E-state index contributed by atoms with van der Waals surface area (Å²) in [4.78, 5) is 13.9. The number of rotatable bonds is 4. The summed E-state index contributed by atoms with van der Waals surface area (Å²) in [6.45, 7) is -1.39. The van der Waals surface area contributed by atoms with Crippen molar-refractivity contribution < 1.29 is 27.8 Å². The zero-order valence-electron chi connectivity index (χ0n) is 8.44. The van der Waals surface area contributed by atoms with Crippen LogP contribution < -0.4 is 4.74 Å². The Morgan fingerprint density at radius 2 is 2.18 bits per heavy atom. The van der Waals surface area contributed by atoms with Gasteiger partial charge in [-0.25, -0.2) is 4.79 Å². The number of hydrogen-bond acceptors (Lipinski definition) is 3. The van der Waals surface area contributed by atoms with Gasteiger partial charge in [-0.2, -0.15) is 13.2 Å². The molecule has 0 radical (unpaired) electrons. The third kappa shape index (κ3) is 5.55. The summed E-state index contributed by atoms with van der Waals surface area (Å²) in [6, 6.07) is 2.63. The lowest BCUT2D eigenvalue weighted by Crippen LogP contribution is -2.19. The molecule has 0 amide bonds. The molecule has 0 bridgehead atoms. The normalized spacial score (nSPS) is 11.7. The van der Waals surface area contributed by atoms with Crippen LogP contribution in [0.2, 0.25) is 0 Å². The number of aliphatic carboxylic acids is 1. The Kier molecular flexibility index (Phi) is 4.08. The first-order valence-corrected chi connectivity index (χ1v) is 4.43. The summed E-state index contributed by atoms with van der Waals surface area (Å²) in [5.74, 6) is -1.17. The van der Waals surface area contributed by atoms with E-state index in [1.165, 1.54) is 18.2 Å². The van der Waals surface area contributed by atoms with Crippen LogP contribution >= 0.6 is 0 Å². The Morgan fingerprint density at radius 3 is 2.65 bits per heavy atom. The highest BCUT2D eigenvalue weighted by atomic mass is 19.4. The molecule has 0 saturated heterocycles. The minimum atomic E-state index is -4.40. The van der Waals surface area contributed by atoms with Crippen LogP contribution in [0.25, 0.3) is 6.08 Å². The van der Waals surface area contributed by atoms with E-state index < -0.39 is 18.8 Å². The predicted molar refractivity (Wildman–Crippen MR) is 52.5 cm³/mol. The summed E-state index contributed by atoms with van der Waals surface area (Å²) < 4.78 is 39.8. The highest BCUT2D eigenvalue weighted by molar-refractivity contribution is 5.84. The minimum absolute atomic E-state index is 0.0326. The van der Waals surface area contributed by atoms with Crippen LogP contribution in [0.4, 0.5) is 13.2 Å². The topological polar surface area (TPSA) is 59.4 Å². The van der Waals surface area contributed by atoms with E-state index in [1.54, 1.807) is 0 Å². The molecule has 1 rings (SSSR count). The molecule has 7 heteroatoms. The molecule has 1 aromatic heterocycles. The zero-order valence-corrected chi connectivity index (χ0v) is 8.44. The molecule has 1 heterocycles. The van der Waals surface area contributed by atoms with Crippen LogP contribution in [-0.4, -0.2) is 28.8 Å². The van der Waals surface area contributed by atoms with E-state index >= 15 is 0 Å². The summed E-state index contributed by atoms with van der Waals surface area (Å²) in [6.07, 6.45) is -1.22. The molecule has 1 aromatic rings. The Morgan fingerprint density at radius 1 is 1.47 bits per heavy atom. The second-order valence-electron chi connectivity index (χ2n) is 2.99. The largest absolute Gasteiger partial charge is 0.483 e. The van der Waals surface area contributed by atoms with Gasteiger partial charge in [-0.15, -0.1) is 0 Å². The lowest BCUT2D eigenvalue weighted by molar-refractivity contribution is -0.153. The van der Waals surface area contributed by atoms with Crippen LogP contribution in [0, 0.1) is 0 Å². The maximum absolute atomic E-state index is 11.8. The molecule has 4 nitrogen and oxygen atoms in total. The van der Waals surface area contributed by atoms with Gasteiger partial charge in [0.1, 0.15) is 5.75 Å². The quantitative estimate of drug-likeness (QED) is 0.828. The molecule has 1 N–H and O–H groups in total. The summed E-state index contributed by atoms with van der Waals surface area (Å²) >= 11 is 0. The van der Waals surface area contributed by atoms with Gasteiger partial charge in [0, 0.05) is 6.08 Å². The van der Waals surface area contributed by atoms with Crippen molar-refractivity contribution in [1.82, 2.24) is 4.98 Å². The van der Waals surface area contributed by atoms with Crippen molar-refractivity contribution >= 4 is 12.0 Å².